The van der Waals surface area contributed by atoms with Gasteiger partial charge in [0.05, 0.1) is 0 Å². The molecule has 4 fully saturated rings. The minimum Gasteiger partial charge on any atom is -0.327 e. The molecule has 0 radical (unpaired) electrons. The summed E-state index contributed by atoms with van der Waals surface area (Å²) >= 11 is 1.88. The van der Waals surface area contributed by atoms with Crippen LogP contribution in [-0.2, 0) is 6.42 Å². The summed E-state index contributed by atoms with van der Waals surface area (Å²) in [6.07, 6.45) is 11.0. The van der Waals surface area contributed by atoms with E-state index in [1.54, 1.807) is 0 Å². The molecule has 4 saturated carbocycles. The van der Waals surface area contributed by atoms with E-state index in [0.717, 1.165) is 5.92 Å². The summed E-state index contributed by atoms with van der Waals surface area (Å²) in [6.45, 7) is 5.10. The summed E-state index contributed by atoms with van der Waals surface area (Å²) < 4.78 is 0. The molecule has 4 aliphatic rings. The van der Waals surface area contributed by atoms with Gasteiger partial charge in [0.1, 0.15) is 0 Å². The Labute approximate surface area is 133 Å². The number of hydrogen-bond acceptors (Lipinski definition) is 2. The van der Waals surface area contributed by atoms with Crippen LogP contribution in [0.4, 0.5) is 0 Å². The molecule has 0 spiro atoms. The van der Waals surface area contributed by atoms with E-state index < -0.39 is 0 Å². The van der Waals surface area contributed by atoms with Crippen molar-refractivity contribution in [1.82, 2.24) is 0 Å². The Morgan fingerprint density at radius 1 is 1.19 bits per heavy atom. The molecule has 3 unspecified atom stereocenters. The summed E-state index contributed by atoms with van der Waals surface area (Å²) in [5.74, 6) is 0.962. The molecule has 3 atom stereocenters. The third kappa shape index (κ3) is 2.39. The first-order valence-corrected chi connectivity index (χ1v) is 9.57. The minimum absolute atomic E-state index is 0.404. The minimum atomic E-state index is 0.404. The van der Waals surface area contributed by atoms with E-state index in [4.69, 9.17) is 5.73 Å². The van der Waals surface area contributed by atoms with Crippen LogP contribution >= 0.6 is 11.3 Å². The summed E-state index contributed by atoms with van der Waals surface area (Å²) in [5, 5.41) is 2.19. The molecule has 0 amide bonds. The molecule has 2 heteroatoms. The maximum absolute atomic E-state index is 6.81. The van der Waals surface area contributed by atoms with Gasteiger partial charge in [0, 0.05) is 10.9 Å². The van der Waals surface area contributed by atoms with Gasteiger partial charge in [-0.3, -0.25) is 0 Å². The van der Waals surface area contributed by atoms with E-state index in [1.165, 1.54) is 56.2 Å². The second-order valence-corrected chi connectivity index (χ2v) is 10.2. The van der Waals surface area contributed by atoms with Crippen molar-refractivity contribution < 1.29 is 0 Å². The maximum atomic E-state index is 6.81. The van der Waals surface area contributed by atoms with Crippen molar-refractivity contribution in [1.29, 1.82) is 0 Å². The number of nitrogens with two attached hydrogens (primary N) is 1. The van der Waals surface area contributed by atoms with Gasteiger partial charge in [0.25, 0.3) is 0 Å². The van der Waals surface area contributed by atoms with Crippen molar-refractivity contribution in [2.75, 3.05) is 0 Å². The SMILES string of the molecule is CC12CC3CC(C)(C1)CC(C(N)CCc1cccs1)(C3)C2. The topological polar surface area (TPSA) is 26.0 Å². The third-order valence-electron chi connectivity index (χ3n) is 6.74. The normalized spacial score (nSPS) is 46.0. The monoisotopic (exact) mass is 303 g/mol. The van der Waals surface area contributed by atoms with Gasteiger partial charge < -0.3 is 5.73 Å². The van der Waals surface area contributed by atoms with E-state index >= 15 is 0 Å². The molecule has 0 saturated heterocycles. The van der Waals surface area contributed by atoms with Gasteiger partial charge in [-0.15, -0.1) is 11.3 Å². The maximum Gasteiger partial charge on any atom is 0.00995 e. The summed E-state index contributed by atoms with van der Waals surface area (Å²) in [4.78, 5) is 1.51. The van der Waals surface area contributed by atoms with Crippen molar-refractivity contribution in [3.05, 3.63) is 22.4 Å². The first-order valence-electron chi connectivity index (χ1n) is 8.69. The second kappa shape index (κ2) is 4.58. The Morgan fingerprint density at radius 2 is 1.90 bits per heavy atom. The smallest absolute Gasteiger partial charge is 0.00995 e. The lowest BCUT2D eigenvalue weighted by Gasteiger charge is -2.67. The van der Waals surface area contributed by atoms with Gasteiger partial charge in [-0.2, -0.15) is 0 Å². The molecule has 1 aromatic rings. The molecule has 1 nitrogen and oxygen atoms in total. The number of aryl methyl sites for hydroxylation is 1. The van der Waals surface area contributed by atoms with Crippen LogP contribution in [0.3, 0.4) is 0 Å². The van der Waals surface area contributed by atoms with Gasteiger partial charge in [0.2, 0.25) is 0 Å². The lowest BCUT2D eigenvalue weighted by Crippen LogP contribution is -2.60. The number of rotatable bonds is 4. The number of thiophene rings is 1. The Morgan fingerprint density at radius 3 is 2.48 bits per heavy atom. The molecular weight excluding hydrogens is 274 g/mol. The van der Waals surface area contributed by atoms with Gasteiger partial charge in [-0.25, -0.2) is 0 Å². The highest BCUT2D eigenvalue weighted by atomic mass is 32.1. The molecule has 2 N–H and O–H groups in total. The van der Waals surface area contributed by atoms with Crippen LogP contribution in [0.15, 0.2) is 17.5 Å². The largest absolute Gasteiger partial charge is 0.327 e. The highest BCUT2D eigenvalue weighted by Crippen LogP contribution is 2.70. The first-order chi connectivity index (χ1) is 9.91. The molecule has 0 aromatic carbocycles. The fraction of sp³-hybridized carbons (Fsp3) is 0.789. The standard InChI is InChI=1S/C19H29NS/c1-17-8-14-9-18(2,11-17)13-19(10-14,12-17)16(20)6-5-15-4-3-7-21-15/h3-4,7,14,16H,5-6,8-13,20H2,1-2H3. The zero-order valence-electron chi connectivity index (χ0n) is 13.5. The van der Waals surface area contributed by atoms with Gasteiger partial charge in [-0.05, 0) is 85.0 Å². The zero-order chi connectivity index (χ0) is 14.7. The predicted octanol–water partition coefficient (Wildman–Crippen LogP) is 5.00. The van der Waals surface area contributed by atoms with E-state index in [-0.39, 0.29) is 0 Å². The molecule has 1 heterocycles. The Hall–Kier alpha value is -0.340. The van der Waals surface area contributed by atoms with Crippen LogP contribution in [0.2, 0.25) is 0 Å². The van der Waals surface area contributed by atoms with Crippen molar-refractivity contribution in [2.24, 2.45) is 27.9 Å². The molecule has 1 aromatic heterocycles. The predicted molar refractivity (Wildman–Crippen MR) is 90.5 cm³/mol. The van der Waals surface area contributed by atoms with E-state index in [1.807, 2.05) is 11.3 Å². The molecule has 21 heavy (non-hydrogen) atoms. The Bertz CT molecular complexity index is 502. The average molecular weight is 304 g/mol. The molecular formula is C19H29NS. The van der Waals surface area contributed by atoms with Crippen LogP contribution in [0, 0.1) is 22.2 Å². The van der Waals surface area contributed by atoms with E-state index in [0.29, 0.717) is 22.3 Å². The zero-order valence-corrected chi connectivity index (χ0v) is 14.3. The fourth-order valence-corrected chi connectivity index (χ4v) is 7.73. The fourth-order valence-electron chi connectivity index (χ4n) is 7.01. The van der Waals surface area contributed by atoms with Crippen LogP contribution in [0.1, 0.15) is 63.7 Å². The molecule has 116 valence electrons. The Kier molecular flexibility index (Phi) is 3.11. The molecule has 4 bridgehead atoms. The van der Waals surface area contributed by atoms with Crippen LogP contribution < -0.4 is 5.73 Å². The summed E-state index contributed by atoms with van der Waals surface area (Å²) in [5.41, 5.74) is 8.45. The van der Waals surface area contributed by atoms with E-state index in [2.05, 4.69) is 31.4 Å². The summed E-state index contributed by atoms with van der Waals surface area (Å²) in [6, 6.07) is 4.83. The van der Waals surface area contributed by atoms with Crippen LogP contribution in [0.25, 0.3) is 0 Å². The average Bonchev–Trinajstić information content (AvgIpc) is 2.84. The third-order valence-corrected chi connectivity index (χ3v) is 7.67. The number of hydrogen-bond donors (Lipinski definition) is 1. The van der Waals surface area contributed by atoms with Gasteiger partial charge in [0.15, 0.2) is 0 Å². The summed E-state index contributed by atoms with van der Waals surface area (Å²) in [7, 11) is 0. The molecule has 0 aliphatic heterocycles. The van der Waals surface area contributed by atoms with Crippen LogP contribution in [-0.4, -0.2) is 6.04 Å². The van der Waals surface area contributed by atoms with Gasteiger partial charge >= 0.3 is 0 Å². The molecule has 4 aliphatic carbocycles. The van der Waals surface area contributed by atoms with Crippen molar-refractivity contribution >= 4 is 11.3 Å². The lowest BCUT2D eigenvalue weighted by molar-refractivity contribution is -0.154. The highest BCUT2D eigenvalue weighted by molar-refractivity contribution is 7.09. The lowest BCUT2D eigenvalue weighted by atomic mass is 9.39. The van der Waals surface area contributed by atoms with Crippen LogP contribution in [0.5, 0.6) is 0 Å². The van der Waals surface area contributed by atoms with Crippen molar-refractivity contribution in [3.8, 4) is 0 Å². The second-order valence-electron chi connectivity index (χ2n) is 9.22. The molecule has 5 rings (SSSR count). The van der Waals surface area contributed by atoms with Crippen molar-refractivity contribution in [3.63, 3.8) is 0 Å². The van der Waals surface area contributed by atoms with Gasteiger partial charge in [-0.1, -0.05) is 19.9 Å². The quantitative estimate of drug-likeness (QED) is 0.832. The van der Waals surface area contributed by atoms with Crippen molar-refractivity contribution in [2.45, 2.75) is 71.3 Å². The van der Waals surface area contributed by atoms with E-state index in [9.17, 15) is 0 Å². The Balaban J connectivity index is 1.53. The first kappa shape index (κ1) is 14.3. The highest BCUT2D eigenvalue weighted by Gasteiger charge is 2.61.